The van der Waals surface area contributed by atoms with Crippen LogP contribution in [0.1, 0.15) is 32.6 Å². The number of nitrogens with one attached hydrogen (secondary N) is 1. The van der Waals surface area contributed by atoms with Crippen LogP contribution in [0.15, 0.2) is 22.8 Å². The molecule has 0 amide bonds. The first-order chi connectivity index (χ1) is 10.4. The van der Waals surface area contributed by atoms with Gasteiger partial charge in [-0.1, -0.05) is 6.92 Å². The molecule has 1 aliphatic heterocycles. The predicted octanol–water partition coefficient (Wildman–Crippen LogP) is 2.94. The van der Waals surface area contributed by atoms with E-state index >= 15 is 0 Å². The minimum Gasteiger partial charge on any atom is -0.461 e. The summed E-state index contributed by atoms with van der Waals surface area (Å²) in [4.78, 5) is 15.8. The van der Waals surface area contributed by atoms with Crippen molar-refractivity contribution in [1.82, 2.24) is 15.0 Å². The average molecular weight is 287 g/mol. The SMILES string of the molecule is CCCNc1nc(-c2ccco2)nc(N2CCCCC2)n1. The highest BCUT2D eigenvalue weighted by Crippen LogP contribution is 2.22. The molecule has 0 saturated carbocycles. The molecule has 0 aliphatic carbocycles. The molecule has 112 valence electrons. The second kappa shape index (κ2) is 6.56. The van der Waals surface area contributed by atoms with Crippen LogP contribution in [0.2, 0.25) is 0 Å². The van der Waals surface area contributed by atoms with Gasteiger partial charge in [-0.05, 0) is 37.8 Å². The van der Waals surface area contributed by atoms with Gasteiger partial charge in [-0.25, -0.2) is 0 Å². The molecule has 0 radical (unpaired) electrons. The molecule has 2 aromatic heterocycles. The van der Waals surface area contributed by atoms with Crippen LogP contribution in [0.25, 0.3) is 11.6 Å². The summed E-state index contributed by atoms with van der Waals surface area (Å²) in [5.41, 5.74) is 0. The van der Waals surface area contributed by atoms with Crippen LogP contribution in [0.3, 0.4) is 0 Å². The van der Waals surface area contributed by atoms with Gasteiger partial charge >= 0.3 is 0 Å². The lowest BCUT2D eigenvalue weighted by Gasteiger charge is -2.26. The molecule has 0 bridgehead atoms. The molecule has 0 aromatic carbocycles. The summed E-state index contributed by atoms with van der Waals surface area (Å²) in [7, 11) is 0. The van der Waals surface area contributed by atoms with Crippen molar-refractivity contribution in [3.63, 3.8) is 0 Å². The van der Waals surface area contributed by atoms with Crippen LogP contribution < -0.4 is 10.2 Å². The Labute approximate surface area is 124 Å². The third-order valence-corrected chi connectivity index (χ3v) is 3.54. The maximum atomic E-state index is 5.42. The fraction of sp³-hybridized carbons (Fsp3) is 0.533. The largest absolute Gasteiger partial charge is 0.461 e. The molecule has 2 aromatic rings. The van der Waals surface area contributed by atoms with Gasteiger partial charge in [0.2, 0.25) is 17.7 Å². The highest BCUT2D eigenvalue weighted by atomic mass is 16.3. The van der Waals surface area contributed by atoms with Gasteiger partial charge in [0.1, 0.15) is 0 Å². The first-order valence-electron chi connectivity index (χ1n) is 7.65. The van der Waals surface area contributed by atoms with E-state index in [2.05, 4.69) is 32.1 Å². The van der Waals surface area contributed by atoms with Gasteiger partial charge in [0, 0.05) is 19.6 Å². The molecule has 6 nitrogen and oxygen atoms in total. The van der Waals surface area contributed by atoms with Gasteiger partial charge < -0.3 is 14.6 Å². The highest BCUT2D eigenvalue weighted by molar-refractivity contribution is 5.52. The van der Waals surface area contributed by atoms with Crippen molar-refractivity contribution in [3.05, 3.63) is 18.4 Å². The number of piperidine rings is 1. The molecule has 0 unspecified atom stereocenters. The average Bonchev–Trinajstić information content (AvgIpc) is 3.08. The number of nitrogens with zero attached hydrogens (tertiary/aromatic N) is 4. The van der Waals surface area contributed by atoms with E-state index in [-0.39, 0.29) is 0 Å². The number of rotatable bonds is 5. The number of anilines is 2. The Hall–Kier alpha value is -2.11. The monoisotopic (exact) mass is 287 g/mol. The van der Waals surface area contributed by atoms with Crippen molar-refractivity contribution in [2.45, 2.75) is 32.6 Å². The Bertz CT molecular complexity index is 563. The fourth-order valence-electron chi connectivity index (χ4n) is 2.43. The van der Waals surface area contributed by atoms with Crippen LogP contribution in [-0.4, -0.2) is 34.6 Å². The fourth-order valence-corrected chi connectivity index (χ4v) is 2.43. The van der Waals surface area contributed by atoms with Crippen LogP contribution >= 0.6 is 0 Å². The quantitative estimate of drug-likeness (QED) is 0.912. The molecule has 1 fully saturated rings. The van der Waals surface area contributed by atoms with Crippen molar-refractivity contribution < 1.29 is 4.42 Å². The van der Waals surface area contributed by atoms with Gasteiger partial charge in [0.05, 0.1) is 6.26 Å². The van der Waals surface area contributed by atoms with Crippen molar-refractivity contribution in [1.29, 1.82) is 0 Å². The van der Waals surface area contributed by atoms with E-state index in [0.717, 1.165) is 32.0 Å². The first-order valence-corrected chi connectivity index (χ1v) is 7.65. The molecular weight excluding hydrogens is 266 g/mol. The number of furan rings is 1. The summed E-state index contributed by atoms with van der Waals surface area (Å²) in [5, 5.41) is 3.25. The zero-order chi connectivity index (χ0) is 14.5. The van der Waals surface area contributed by atoms with Crippen LogP contribution in [0.4, 0.5) is 11.9 Å². The van der Waals surface area contributed by atoms with Gasteiger partial charge in [-0.2, -0.15) is 15.0 Å². The normalized spacial score (nSPS) is 15.2. The lowest BCUT2D eigenvalue weighted by atomic mass is 10.1. The Morgan fingerprint density at radius 2 is 2.05 bits per heavy atom. The van der Waals surface area contributed by atoms with E-state index < -0.39 is 0 Å². The molecule has 1 aliphatic rings. The standard InChI is InChI=1S/C15H21N5O/c1-2-8-16-14-17-13(12-7-6-11-21-12)18-15(19-14)20-9-4-3-5-10-20/h6-7,11H,2-5,8-10H2,1H3,(H,16,17,18,19). The topological polar surface area (TPSA) is 67.1 Å². The zero-order valence-electron chi connectivity index (χ0n) is 12.4. The molecule has 0 atom stereocenters. The predicted molar refractivity (Wildman–Crippen MR) is 82.4 cm³/mol. The number of aromatic nitrogens is 3. The van der Waals surface area contributed by atoms with Crippen molar-refractivity contribution in [3.8, 4) is 11.6 Å². The van der Waals surface area contributed by atoms with Gasteiger partial charge in [0.25, 0.3) is 0 Å². The zero-order valence-corrected chi connectivity index (χ0v) is 12.4. The Morgan fingerprint density at radius 1 is 1.19 bits per heavy atom. The molecule has 1 N–H and O–H groups in total. The van der Waals surface area contributed by atoms with Crippen molar-refractivity contribution >= 4 is 11.9 Å². The Balaban J connectivity index is 1.92. The van der Waals surface area contributed by atoms with Gasteiger partial charge in [0.15, 0.2) is 5.76 Å². The van der Waals surface area contributed by atoms with E-state index in [1.807, 2.05) is 12.1 Å². The van der Waals surface area contributed by atoms with E-state index in [1.165, 1.54) is 19.3 Å². The summed E-state index contributed by atoms with van der Waals surface area (Å²) in [6.45, 7) is 4.98. The summed E-state index contributed by atoms with van der Waals surface area (Å²) >= 11 is 0. The van der Waals surface area contributed by atoms with Crippen molar-refractivity contribution in [2.75, 3.05) is 29.9 Å². The van der Waals surface area contributed by atoms with Crippen LogP contribution in [0, 0.1) is 0 Å². The second-order valence-corrected chi connectivity index (χ2v) is 5.23. The molecule has 3 heterocycles. The van der Waals surface area contributed by atoms with Crippen LogP contribution in [-0.2, 0) is 0 Å². The minimum absolute atomic E-state index is 0.592. The molecule has 1 saturated heterocycles. The van der Waals surface area contributed by atoms with Gasteiger partial charge in [-0.15, -0.1) is 0 Å². The molecular formula is C15H21N5O. The van der Waals surface area contributed by atoms with Crippen molar-refractivity contribution in [2.24, 2.45) is 0 Å². The van der Waals surface area contributed by atoms with Gasteiger partial charge in [-0.3, -0.25) is 0 Å². The van der Waals surface area contributed by atoms with E-state index in [0.29, 0.717) is 17.5 Å². The van der Waals surface area contributed by atoms with E-state index in [1.54, 1.807) is 6.26 Å². The van der Waals surface area contributed by atoms with E-state index in [4.69, 9.17) is 4.42 Å². The molecule has 6 heteroatoms. The highest BCUT2D eigenvalue weighted by Gasteiger charge is 2.17. The minimum atomic E-state index is 0.592. The number of hydrogen-bond acceptors (Lipinski definition) is 6. The number of hydrogen-bond donors (Lipinski definition) is 1. The maximum absolute atomic E-state index is 5.42. The smallest absolute Gasteiger partial charge is 0.230 e. The summed E-state index contributed by atoms with van der Waals surface area (Å²) in [6, 6.07) is 3.72. The van der Waals surface area contributed by atoms with Crippen LogP contribution in [0.5, 0.6) is 0 Å². The molecule has 0 spiro atoms. The Morgan fingerprint density at radius 3 is 2.76 bits per heavy atom. The lowest BCUT2D eigenvalue weighted by Crippen LogP contribution is -2.31. The lowest BCUT2D eigenvalue weighted by molar-refractivity contribution is 0.563. The van der Waals surface area contributed by atoms with E-state index in [9.17, 15) is 0 Å². The summed E-state index contributed by atoms with van der Waals surface area (Å²) in [5.74, 6) is 2.64. The third kappa shape index (κ3) is 3.32. The first kappa shape index (κ1) is 13.9. The Kier molecular flexibility index (Phi) is 4.33. The third-order valence-electron chi connectivity index (χ3n) is 3.54. The molecule has 21 heavy (non-hydrogen) atoms. The summed E-state index contributed by atoms with van der Waals surface area (Å²) in [6.07, 6.45) is 6.34. The molecule has 3 rings (SSSR count). The maximum Gasteiger partial charge on any atom is 0.230 e. The second-order valence-electron chi connectivity index (χ2n) is 5.23. The summed E-state index contributed by atoms with van der Waals surface area (Å²) < 4.78 is 5.42.